The van der Waals surface area contributed by atoms with Crippen molar-refractivity contribution < 1.29 is 8.76 Å². The first-order valence-corrected chi connectivity index (χ1v) is 6.19. The minimum atomic E-state index is -1.82. The lowest BCUT2D eigenvalue weighted by Gasteiger charge is -1.97. The highest BCUT2D eigenvalue weighted by atomic mass is 31.1. The summed E-state index contributed by atoms with van der Waals surface area (Å²) >= 11 is 0. The summed E-state index contributed by atoms with van der Waals surface area (Å²) in [5.41, 5.74) is 1.55. The SMILES string of the molecule is C=Cc1c(/C=C\C)[p+](=O)oc2ccccc12. The molecule has 0 saturated carbocycles. The maximum absolute atomic E-state index is 11.9. The van der Waals surface area contributed by atoms with E-state index in [0.717, 1.165) is 10.9 Å². The third-order valence-corrected chi connectivity index (χ3v) is 3.51. The predicted octanol–water partition coefficient (Wildman–Crippen LogP) is 4.85. The molecular weight excluding hydrogens is 219 g/mol. The standard InChI is InChI=1S/C13H12O2P/c1-3-7-13-10(4-2)11-8-5-6-9-12(11)15-16(13)14/h3-9H,2H2,1H3/q+1/b7-3-. The Hall–Kier alpha value is -1.66. The van der Waals surface area contributed by atoms with Crippen molar-refractivity contribution in [2.45, 2.75) is 6.92 Å². The molecule has 0 amide bonds. The topological polar surface area (TPSA) is 30.2 Å². The van der Waals surface area contributed by atoms with Gasteiger partial charge in [-0.3, -0.25) is 0 Å². The van der Waals surface area contributed by atoms with Crippen LogP contribution in [0.4, 0.5) is 0 Å². The van der Waals surface area contributed by atoms with Gasteiger partial charge in [0.2, 0.25) is 5.30 Å². The monoisotopic (exact) mass is 231 g/mol. The number of benzene rings is 1. The number of rotatable bonds is 2. The van der Waals surface area contributed by atoms with Gasteiger partial charge in [0.1, 0.15) is 0 Å². The van der Waals surface area contributed by atoms with Gasteiger partial charge in [-0.2, -0.15) is 0 Å². The van der Waals surface area contributed by atoms with E-state index >= 15 is 0 Å². The molecule has 1 unspecified atom stereocenters. The average Bonchev–Trinajstić information content (AvgIpc) is 2.30. The number of fused-ring (bicyclic) bond motifs is 1. The van der Waals surface area contributed by atoms with E-state index in [-0.39, 0.29) is 0 Å². The lowest BCUT2D eigenvalue weighted by Crippen LogP contribution is -1.81. The van der Waals surface area contributed by atoms with Crippen LogP contribution in [-0.4, -0.2) is 0 Å². The van der Waals surface area contributed by atoms with Crippen LogP contribution in [0.2, 0.25) is 0 Å². The van der Waals surface area contributed by atoms with Gasteiger partial charge in [-0.25, -0.2) is 4.20 Å². The van der Waals surface area contributed by atoms with Crippen LogP contribution < -0.4 is 0 Å². The summed E-state index contributed by atoms with van der Waals surface area (Å²) in [7, 11) is -1.82. The summed E-state index contributed by atoms with van der Waals surface area (Å²) in [5, 5.41) is 1.64. The Morgan fingerprint density at radius 2 is 2.12 bits per heavy atom. The first-order valence-electron chi connectivity index (χ1n) is 5.02. The van der Waals surface area contributed by atoms with Gasteiger partial charge >= 0.3 is 7.65 Å². The van der Waals surface area contributed by atoms with Crippen molar-refractivity contribution >= 4 is 30.8 Å². The molecule has 1 atom stereocenters. The second-order valence-corrected chi connectivity index (χ2v) is 4.53. The Kier molecular flexibility index (Phi) is 3.02. The summed E-state index contributed by atoms with van der Waals surface area (Å²) in [6, 6.07) is 7.55. The molecule has 2 rings (SSSR count). The van der Waals surface area contributed by atoms with E-state index in [9.17, 15) is 4.57 Å². The van der Waals surface area contributed by atoms with E-state index in [1.54, 1.807) is 6.08 Å². The van der Waals surface area contributed by atoms with Crippen molar-refractivity contribution in [1.82, 2.24) is 0 Å². The zero-order chi connectivity index (χ0) is 11.5. The first-order chi connectivity index (χ1) is 7.77. The molecule has 16 heavy (non-hydrogen) atoms. The fraction of sp³-hybridized carbons (Fsp3) is 0.0769. The number of hydrogen-bond acceptors (Lipinski definition) is 2. The number of allylic oxidation sites excluding steroid dienone is 1. The van der Waals surface area contributed by atoms with Crippen LogP contribution in [0.3, 0.4) is 0 Å². The largest absolute Gasteiger partial charge is 0.597 e. The summed E-state index contributed by atoms with van der Waals surface area (Å²) in [6.07, 6.45) is 5.39. The summed E-state index contributed by atoms with van der Waals surface area (Å²) < 4.78 is 17.3. The second kappa shape index (κ2) is 4.46. The quantitative estimate of drug-likeness (QED) is 0.739. The smallest absolute Gasteiger partial charge is 0.250 e. The van der Waals surface area contributed by atoms with Crippen molar-refractivity contribution in [2.75, 3.05) is 0 Å². The van der Waals surface area contributed by atoms with Crippen molar-refractivity contribution in [2.24, 2.45) is 0 Å². The molecule has 0 aliphatic rings. The Morgan fingerprint density at radius 1 is 1.38 bits per heavy atom. The highest BCUT2D eigenvalue weighted by Gasteiger charge is 2.19. The lowest BCUT2D eigenvalue weighted by atomic mass is 10.1. The van der Waals surface area contributed by atoms with Crippen LogP contribution in [0.15, 0.2) is 41.1 Å². The Balaban J connectivity index is 2.96. The molecule has 3 heteroatoms. The van der Waals surface area contributed by atoms with E-state index in [4.69, 9.17) is 4.20 Å². The fourth-order valence-electron chi connectivity index (χ4n) is 1.67. The molecule has 0 bridgehead atoms. The molecule has 1 aromatic heterocycles. The van der Waals surface area contributed by atoms with E-state index in [2.05, 4.69) is 6.58 Å². The van der Waals surface area contributed by atoms with E-state index < -0.39 is 7.65 Å². The van der Waals surface area contributed by atoms with Crippen LogP contribution >= 0.6 is 7.65 Å². The van der Waals surface area contributed by atoms with Gasteiger partial charge < -0.3 is 0 Å². The van der Waals surface area contributed by atoms with Gasteiger partial charge in [0.05, 0.1) is 0 Å². The molecule has 0 aliphatic heterocycles. The normalized spacial score (nSPS) is 12.2. The molecule has 0 aliphatic carbocycles. The third kappa shape index (κ3) is 1.72. The van der Waals surface area contributed by atoms with Crippen molar-refractivity contribution in [3.05, 3.63) is 47.8 Å². The Labute approximate surface area is 94.7 Å². The maximum atomic E-state index is 11.9. The molecule has 0 N–H and O–H groups in total. The zero-order valence-corrected chi connectivity index (χ0v) is 9.91. The minimum absolute atomic E-state index is 0.659. The molecule has 1 aromatic carbocycles. The second-order valence-electron chi connectivity index (χ2n) is 3.35. The molecule has 80 valence electrons. The Bertz CT molecular complexity index is 623. The molecular formula is C13H12O2P+. The fourth-order valence-corrected chi connectivity index (χ4v) is 2.78. The summed E-state index contributed by atoms with van der Waals surface area (Å²) in [5.74, 6) is 0. The number of para-hydroxylation sites is 1. The van der Waals surface area contributed by atoms with Gasteiger partial charge in [-0.15, -0.1) is 0 Å². The minimum Gasteiger partial charge on any atom is -0.250 e. The molecule has 0 spiro atoms. The summed E-state index contributed by atoms with van der Waals surface area (Å²) in [4.78, 5) is 0. The van der Waals surface area contributed by atoms with Gasteiger partial charge in [0.25, 0.3) is 0 Å². The van der Waals surface area contributed by atoms with Gasteiger partial charge in [0.15, 0.2) is 5.58 Å². The molecule has 2 aromatic rings. The molecule has 0 radical (unpaired) electrons. The van der Waals surface area contributed by atoms with Crippen LogP contribution in [0.5, 0.6) is 0 Å². The van der Waals surface area contributed by atoms with Crippen LogP contribution in [0.25, 0.3) is 23.1 Å². The van der Waals surface area contributed by atoms with Gasteiger partial charge in [0, 0.05) is 10.9 Å². The van der Waals surface area contributed by atoms with Gasteiger partial charge in [-0.05, 0) is 23.6 Å². The van der Waals surface area contributed by atoms with Crippen LogP contribution in [0, 0.1) is 0 Å². The predicted molar refractivity (Wildman–Crippen MR) is 68.6 cm³/mol. The maximum Gasteiger partial charge on any atom is 0.597 e. The lowest BCUT2D eigenvalue weighted by molar-refractivity contribution is 0.561. The van der Waals surface area contributed by atoms with E-state index in [1.807, 2.05) is 43.3 Å². The highest BCUT2D eigenvalue weighted by molar-refractivity contribution is 7.31. The first kappa shape index (κ1) is 10.8. The van der Waals surface area contributed by atoms with E-state index in [1.165, 1.54) is 0 Å². The zero-order valence-electron chi connectivity index (χ0n) is 9.01. The average molecular weight is 231 g/mol. The van der Waals surface area contributed by atoms with Gasteiger partial charge in [-0.1, -0.05) is 36.9 Å². The molecule has 0 saturated heterocycles. The molecule has 0 fully saturated rings. The van der Waals surface area contributed by atoms with E-state index in [0.29, 0.717) is 10.9 Å². The van der Waals surface area contributed by atoms with Crippen molar-refractivity contribution in [1.29, 1.82) is 0 Å². The number of hydrogen-bond donors (Lipinski definition) is 0. The highest BCUT2D eigenvalue weighted by Crippen LogP contribution is 2.34. The van der Waals surface area contributed by atoms with Crippen LogP contribution in [-0.2, 0) is 4.57 Å². The summed E-state index contributed by atoms with van der Waals surface area (Å²) in [6.45, 7) is 5.66. The third-order valence-electron chi connectivity index (χ3n) is 2.36. The Morgan fingerprint density at radius 3 is 2.81 bits per heavy atom. The van der Waals surface area contributed by atoms with Crippen molar-refractivity contribution in [3.8, 4) is 0 Å². The molecule has 2 nitrogen and oxygen atoms in total. The van der Waals surface area contributed by atoms with Crippen LogP contribution in [0.1, 0.15) is 17.8 Å². The molecule has 1 heterocycles. The van der Waals surface area contributed by atoms with Crippen molar-refractivity contribution in [3.63, 3.8) is 0 Å².